The number of thiocarbonyl (C=S) groups is 1. The van der Waals surface area contributed by atoms with Crippen LogP contribution in [0, 0.1) is 0 Å². The number of hydrogen-bond donors (Lipinski definition) is 0. The smallest absolute Gasteiger partial charge is 0.306 e. The third kappa shape index (κ3) is 5.43. The van der Waals surface area contributed by atoms with Crippen LogP contribution in [-0.4, -0.2) is 17.9 Å². The van der Waals surface area contributed by atoms with Crippen molar-refractivity contribution in [2.24, 2.45) is 0 Å². The van der Waals surface area contributed by atoms with Gasteiger partial charge in [-0.3, -0.25) is 4.79 Å². The van der Waals surface area contributed by atoms with Crippen molar-refractivity contribution >= 4 is 23.6 Å². The van der Waals surface area contributed by atoms with Gasteiger partial charge in [0.1, 0.15) is 0 Å². The normalized spacial score (nSPS) is 8.56. The summed E-state index contributed by atoms with van der Waals surface area (Å²) in [7, 11) is 0. The van der Waals surface area contributed by atoms with Crippen molar-refractivity contribution < 1.29 is 9.53 Å². The number of carbonyl (C=O) groups excluding carboxylic acids is 1. The fourth-order valence-electron chi connectivity index (χ4n) is 0.410. The Morgan fingerprint density at radius 3 is 2.89 bits per heavy atom. The molecule has 0 fully saturated rings. The minimum atomic E-state index is -0.168. The van der Waals surface area contributed by atoms with Crippen LogP contribution in [-0.2, 0) is 9.53 Å². The lowest BCUT2D eigenvalue weighted by Gasteiger charge is -1.96. The Morgan fingerprint density at radius 1 is 1.78 bits per heavy atom. The highest BCUT2D eigenvalue weighted by molar-refractivity contribution is 7.78. The van der Waals surface area contributed by atoms with Crippen LogP contribution in [0.1, 0.15) is 19.8 Å². The lowest BCUT2D eigenvalue weighted by Crippen LogP contribution is -2.02. The quantitative estimate of drug-likeness (QED) is 0.442. The summed E-state index contributed by atoms with van der Waals surface area (Å²) in [6.07, 6.45) is 1.05. The molecule has 0 aliphatic rings. The Morgan fingerprint density at radius 2 is 2.44 bits per heavy atom. The number of rotatable bonds is 4. The van der Waals surface area contributed by atoms with Gasteiger partial charge in [0, 0.05) is 6.42 Å². The fraction of sp³-hybridized carbons (Fsp3) is 0.667. The molecule has 0 aliphatic carbocycles. The molecule has 0 amide bonds. The van der Waals surface area contributed by atoms with Gasteiger partial charge in [-0.15, -0.1) is 0 Å². The third-order valence-corrected chi connectivity index (χ3v) is 1.01. The van der Waals surface area contributed by atoms with Gasteiger partial charge >= 0.3 is 5.97 Å². The van der Waals surface area contributed by atoms with Crippen molar-refractivity contribution in [2.75, 3.05) is 6.61 Å². The number of carbonyl (C=O) groups is 1. The standard InChI is InChI=1S/C6H10O2S/c1-2-8-6(7)4-3-5-9/h5H,2-4H2,1H3. The molecule has 0 N–H and O–H groups in total. The van der Waals surface area contributed by atoms with Crippen molar-refractivity contribution in [1.29, 1.82) is 0 Å². The van der Waals surface area contributed by atoms with Crippen molar-refractivity contribution in [1.82, 2.24) is 0 Å². The van der Waals surface area contributed by atoms with Gasteiger partial charge in [0.05, 0.1) is 6.61 Å². The van der Waals surface area contributed by atoms with Gasteiger partial charge in [-0.25, -0.2) is 0 Å². The average Bonchev–Trinajstić information content (AvgIpc) is 1.85. The molecule has 0 atom stereocenters. The molecule has 0 heterocycles. The minimum absolute atomic E-state index is 0.168. The molecule has 2 nitrogen and oxygen atoms in total. The van der Waals surface area contributed by atoms with E-state index >= 15 is 0 Å². The van der Waals surface area contributed by atoms with E-state index in [1.807, 2.05) is 0 Å². The van der Waals surface area contributed by atoms with E-state index < -0.39 is 0 Å². The van der Waals surface area contributed by atoms with E-state index in [1.165, 1.54) is 5.37 Å². The molecule has 0 unspecified atom stereocenters. The minimum Gasteiger partial charge on any atom is -0.466 e. The maximum atomic E-state index is 10.5. The van der Waals surface area contributed by atoms with Crippen LogP contribution in [0.3, 0.4) is 0 Å². The zero-order chi connectivity index (χ0) is 7.11. The Hall–Kier alpha value is -0.440. The van der Waals surface area contributed by atoms with Crippen molar-refractivity contribution in [3.05, 3.63) is 0 Å². The first-order chi connectivity index (χ1) is 4.31. The molecule has 52 valence electrons. The Bertz CT molecular complexity index is 101. The second kappa shape index (κ2) is 5.69. The third-order valence-electron chi connectivity index (χ3n) is 0.772. The molecule has 0 radical (unpaired) electrons. The molecule has 0 aromatic rings. The zero-order valence-electron chi connectivity index (χ0n) is 5.42. The zero-order valence-corrected chi connectivity index (χ0v) is 6.24. The van der Waals surface area contributed by atoms with Crippen LogP contribution in [0.15, 0.2) is 0 Å². The lowest BCUT2D eigenvalue weighted by molar-refractivity contribution is -0.142. The highest BCUT2D eigenvalue weighted by Gasteiger charge is 1.96. The van der Waals surface area contributed by atoms with E-state index in [9.17, 15) is 4.79 Å². The highest BCUT2D eigenvalue weighted by Crippen LogP contribution is 1.89. The van der Waals surface area contributed by atoms with Crippen LogP contribution < -0.4 is 0 Å². The van der Waals surface area contributed by atoms with Gasteiger partial charge in [-0.1, -0.05) is 12.2 Å². The SMILES string of the molecule is CCOC(=O)CCC=S. The summed E-state index contributed by atoms with van der Waals surface area (Å²) < 4.78 is 4.64. The van der Waals surface area contributed by atoms with Gasteiger partial charge in [0.2, 0.25) is 0 Å². The molecular formula is C6H10O2S. The van der Waals surface area contributed by atoms with Gasteiger partial charge in [-0.05, 0) is 18.7 Å². The monoisotopic (exact) mass is 146 g/mol. The molecular weight excluding hydrogens is 136 g/mol. The summed E-state index contributed by atoms with van der Waals surface area (Å²) in [4.78, 5) is 10.5. The maximum absolute atomic E-state index is 10.5. The summed E-state index contributed by atoms with van der Waals surface area (Å²) in [6, 6.07) is 0. The average molecular weight is 146 g/mol. The second-order valence-corrected chi connectivity index (χ2v) is 1.84. The van der Waals surface area contributed by atoms with Crippen LogP contribution in [0.4, 0.5) is 0 Å². The predicted octanol–water partition coefficient (Wildman–Crippen LogP) is 1.33. The summed E-state index contributed by atoms with van der Waals surface area (Å²) in [5.41, 5.74) is 0. The summed E-state index contributed by atoms with van der Waals surface area (Å²) in [5, 5.41) is 1.54. The largest absolute Gasteiger partial charge is 0.466 e. The first kappa shape index (κ1) is 8.56. The van der Waals surface area contributed by atoms with Crippen molar-refractivity contribution in [3.63, 3.8) is 0 Å². The van der Waals surface area contributed by atoms with Crippen LogP contribution in [0.25, 0.3) is 0 Å². The van der Waals surface area contributed by atoms with Gasteiger partial charge in [0.15, 0.2) is 0 Å². The molecule has 9 heavy (non-hydrogen) atoms. The van der Waals surface area contributed by atoms with Gasteiger partial charge in [0.25, 0.3) is 0 Å². The number of esters is 1. The Labute approximate surface area is 60.2 Å². The summed E-state index contributed by atoms with van der Waals surface area (Å²) >= 11 is 4.52. The van der Waals surface area contributed by atoms with E-state index in [-0.39, 0.29) is 5.97 Å². The van der Waals surface area contributed by atoms with E-state index in [0.29, 0.717) is 19.4 Å². The molecule has 0 spiro atoms. The molecule has 0 aromatic heterocycles. The first-order valence-electron chi connectivity index (χ1n) is 2.90. The topological polar surface area (TPSA) is 26.3 Å². The molecule has 0 aromatic carbocycles. The van der Waals surface area contributed by atoms with Crippen LogP contribution in [0.5, 0.6) is 0 Å². The second-order valence-electron chi connectivity index (χ2n) is 1.51. The first-order valence-corrected chi connectivity index (χ1v) is 3.37. The maximum Gasteiger partial charge on any atom is 0.306 e. The molecule has 0 rings (SSSR count). The predicted molar refractivity (Wildman–Crippen MR) is 39.5 cm³/mol. The van der Waals surface area contributed by atoms with Gasteiger partial charge < -0.3 is 4.74 Å². The van der Waals surface area contributed by atoms with E-state index in [4.69, 9.17) is 0 Å². The molecule has 3 heteroatoms. The highest BCUT2D eigenvalue weighted by atomic mass is 32.1. The molecule has 0 saturated heterocycles. The van der Waals surface area contributed by atoms with Crippen LogP contribution in [0.2, 0.25) is 0 Å². The lowest BCUT2D eigenvalue weighted by atomic mass is 10.3. The number of hydrogen-bond acceptors (Lipinski definition) is 3. The van der Waals surface area contributed by atoms with E-state index in [1.54, 1.807) is 6.92 Å². The molecule has 0 bridgehead atoms. The van der Waals surface area contributed by atoms with Gasteiger partial charge in [-0.2, -0.15) is 0 Å². The number of ether oxygens (including phenoxy) is 1. The fourth-order valence-corrected chi connectivity index (χ4v) is 0.528. The van der Waals surface area contributed by atoms with Crippen molar-refractivity contribution in [3.8, 4) is 0 Å². The summed E-state index contributed by atoms with van der Waals surface area (Å²) in [5.74, 6) is -0.168. The van der Waals surface area contributed by atoms with Crippen LogP contribution >= 0.6 is 12.2 Å². The molecule has 0 aliphatic heterocycles. The Kier molecular flexibility index (Phi) is 5.41. The van der Waals surface area contributed by atoms with E-state index in [0.717, 1.165) is 0 Å². The van der Waals surface area contributed by atoms with E-state index in [2.05, 4.69) is 17.0 Å². The summed E-state index contributed by atoms with van der Waals surface area (Å²) in [6.45, 7) is 2.24. The molecule has 0 saturated carbocycles. The van der Waals surface area contributed by atoms with Crippen molar-refractivity contribution in [2.45, 2.75) is 19.8 Å². The Balaban J connectivity index is 3.16.